The number of hydrogen-bond donors (Lipinski definition) is 3. The molecule has 21 heavy (non-hydrogen) atoms. The summed E-state index contributed by atoms with van der Waals surface area (Å²) >= 11 is 0. The predicted molar refractivity (Wildman–Crippen MR) is 83.7 cm³/mol. The van der Waals surface area contributed by atoms with E-state index in [2.05, 4.69) is 20.6 Å². The third-order valence-electron chi connectivity index (χ3n) is 3.66. The molecular weight excluding hydrogens is 266 g/mol. The molecule has 0 aliphatic carbocycles. The van der Waals surface area contributed by atoms with Crippen LogP contribution in [0.25, 0.3) is 10.9 Å². The molecule has 6 heteroatoms. The number of hydrogen-bond acceptors (Lipinski definition) is 5. The van der Waals surface area contributed by atoms with Crippen molar-refractivity contribution < 1.29 is 4.79 Å². The molecule has 1 amide bonds. The van der Waals surface area contributed by atoms with Gasteiger partial charge in [-0.1, -0.05) is 0 Å². The first-order valence-corrected chi connectivity index (χ1v) is 6.82. The zero-order valence-corrected chi connectivity index (χ0v) is 12.0. The Kier molecular flexibility index (Phi) is 3.21. The number of benzene rings is 1. The van der Waals surface area contributed by atoms with E-state index in [-0.39, 0.29) is 0 Å². The molecule has 6 nitrogen and oxygen atoms in total. The highest BCUT2D eigenvalue weighted by Gasteiger charge is 2.16. The number of aliphatic imine (C=N–C) groups is 1. The zero-order valence-electron chi connectivity index (χ0n) is 12.0. The van der Waals surface area contributed by atoms with Gasteiger partial charge in [-0.05, 0) is 37.1 Å². The van der Waals surface area contributed by atoms with Crippen molar-refractivity contribution in [2.24, 2.45) is 10.7 Å². The van der Waals surface area contributed by atoms with Gasteiger partial charge in [0.05, 0.1) is 17.6 Å². The van der Waals surface area contributed by atoms with E-state index in [0.29, 0.717) is 5.56 Å². The lowest BCUT2D eigenvalue weighted by Gasteiger charge is -2.15. The fourth-order valence-corrected chi connectivity index (χ4v) is 2.61. The van der Waals surface area contributed by atoms with Crippen LogP contribution in [0.5, 0.6) is 0 Å². The van der Waals surface area contributed by atoms with Crippen LogP contribution in [-0.4, -0.2) is 29.9 Å². The Morgan fingerprint density at radius 3 is 2.90 bits per heavy atom. The number of fused-ring (bicyclic) bond motifs is 1. The summed E-state index contributed by atoms with van der Waals surface area (Å²) < 4.78 is 0. The van der Waals surface area contributed by atoms with Crippen molar-refractivity contribution in [1.82, 2.24) is 10.3 Å². The normalized spacial score (nSPS) is 13.9. The fourth-order valence-electron chi connectivity index (χ4n) is 2.61. The summed E-state index contributed by atoms with van der Waals surface area (Å²) in [4.78, 5) is 20.4. The Hall–Kier alpha value is -2.63. The lowest BCUT2D eigenvalue weighted by molar-refractivity contribution is 0.100. The van der Waals surface area contributed by atoms with Crippen LogP contribution in [-0.2, 0) is 0 Å². The lowest BCUT2D eigenvalue weighted by Crippen LogP contribution is -2.26. The number of nitrogens with zero attached hydrogens (tertiary/aromatic N) is 2. The summed E-state index contributed by atoms with van der Waals surface area (Å²) in [6, 6.07) is 3.67. The highest BCUT2D eigenvalue weighted by atomic mass is 16.1. The maximum Gasteiger partial charge on any atom is 0.249 e. The molecule has 0 fully saturated rings. The number of amides is 1. The summed E-state index contributed by atoms with van der Waals surface area (Å²) in [5, 5.41) is 7.23. The van der Waals surface area contributed by atoms with E-state index in [0.717, 1.165) is 46.8 Å². The first-order chi connectivity index (χ1) is 10.1. The average molecular weight is 283 g/mol. The van der Waals surface area contributed by atoms with Crippen LogP contribution in [0.3, 0.4) is 0 Å². The van der Waals surface area contributed by atoms with Gasteiger partial charge in [0.1, 0.15) is 0 Å². The van der Waals surface area contributed by atoms with E-state index in [4.69, 9.17) is 5.73 Å². The minimum atomic E-state index is -0.446. The highest BCUT2D eigenvalue weighted by molar-refractivity contribution is 6.09. The first kappa shape index (κ1) is 13.4. The second-order valence-electron chi connectivity index (χ2n) is 5.09. The van der Waals surface area contributed by atoms with Gasteiger partial charge in [0, 0.05) is 23.8 Å². The number of nitrogens with two attached hydrogens (primary N) is 1. The van der Waals surface area contributed by atoms with E-state index in [1.54, 1.807) is 12.3 Å². The van der Waals surface area contributed by atoms with Crippen molar-refractivity contribution in [1.29, 1.82) is 0 Å². The summed E-state index contributed by atoms with van der Waals surface area (Å²) in [6.45, 7) is 5.52. The van der Waals surface area contributed by atoms with E-state index in [1.807, 2.05) is 19.9 Å². The monoisotopic (exact) mass is 283 g/mol. The summed E-state index contributed by atoms with van der Waals surface area (Å²) in [5.41, 5.74) is 9.61. The standard InChI is InChI=1S/C15H17N5O/c1-8-7-11(20-15-18-5-6-19-15)9(2)12-10(14(16)21)3-4-17-13(8)12/h3-4,7H,5-6H2,1-2H3,(H2,16,21)(H2,18,19,20). The maximum atomic E-state index is 11.7. The van der Waals surface area contributed by atoms with Crippen molar-refractivity contribution in [2.75, 3.05) is 18.4 Å². The Bertz CT molecular complexity index is 766. The molecule has 0 bridgehead atoms. The van der Waals surface area contributed by atoms with Gasteiger partial charge in [-0.2, -0.15) is 0 Å². The molecule has 1 aliphatic rings. The molecule has 0 radical (unpaired) electrons. The fraction of sp³-hybridized carbons (Fsp3) is 0.267. The van der Waals surface area contributed by atoms with Crippen molar-refractivity contribution in [2.45, 2.75) is 13.8 Å². The topological polar surface area (TPSA) is 92.4 Å². The smallest absolute Gasteiger partial charge is 0.249 e. The number of carbonyl (C=O) groups is 1. The molecule has 4 N–H and O–H groups in total. The second kappa shape index (κ2) is 5.05. The van der Waals surface area contributed by atoms with Crippen LogP contribution < -0.4 is 16.4 Å². The first-order valence-electron chi connectivity index (χ1n) is 6.82. The number of nitrogens with one attached hydrogen (secondary N) is 2. The minimum Gasteiger partial charge on any atom is -0.366 e. The molecular formula is C15H17N5O. The van der Waals surface area contributed by atoms with E-state index in [9.17, 15) is 4.79 Å². The van der Waals surface area contributed by atoms with Crippen LogP contribution >= 0.6 is 0 Å². The predicted octanol–water partition coefficient (Wildman–Crippen LogP) is 1.32. The zero-order chi connectivity index (χ0) is 15.0. The van der Waals surface area contributed by atoms with Crippen LogP contribution in [0.15, 0.2) is 23.3 Å². The van der Waals surface area contributed by atoms with Gasteiger partial charge < -0.3 is 16.4 Å². The van der Waals surface area contributed by atoms with E-state index < -0.39 is 5.91 Å². The third kappa shape index (κ3) is 2.29. The van der Waals surface area contributed by atoms with Gasteiger partial charge in [0.25, 0.3) is 0 Å². The third-order valence-corrected chi connectivity index (χ3v) is 3.66. The van der Waals surface area contributed by atoms with Crippen molar-refractivity contribution in [3.05, 3.63) is 35.0 Å². The Morgan fingerprint density at radius 2 is 2.24 bits per heavy atom. The molecule has 1 aliphatic heterocycles. The number of carbonyl (C=O) groups excluding carboxylic acids is 1. The van der Waals surface area contributed by atoms with Crippen molar-refractivity contribution in [3.63, 3.8) is 0 Å². The molecule has 1 aromatic carbocycles. The van der Waals surface area contributed by atoms with Crippen LogP contribution in [0.2, 0.25) is 0 Å². The molecule has 2 aromatic rings. The Labute approximate surface area is 122 Å². The quantitative estimate of drug-likeness (QED) is 0.775. The minimum absolute atomic E-state index is 0.446. The van der Waals surface area contributed by atoms with Gasteiger partial charge in [0.2, 0.25) is 5.91 Å². The number of anilines is 1. The van der Waals surface area contributed by atoms with Gasteiger partial charge in [0.15, 0.2) is 5.96 Å². The molecule has 2 heterocycles. The molecule has 0 saturated carbocycles. The van der Waals surface area contributed by atoms with Gasteiger partial charge in [-0.15, -0.1) is 0 Å². The summed E-state index contributed by atoms with van der Waals surface area (Å²) in [7, 11) is 0. The molecule has 0 atom stereocenters. The van der Waals surface area contributed by atoms with Crippen molar-refractivity contribution >= 4 is 28.5 Å². The van der Waals surface area contributed by atoms with Crippen molar-refractivity contribution in [3.8, 4) is 0 Å². The average Bonchev–Trinajstić information content (AvgIpc) is 2.96. The lowest BCUT2D eigenvalue weighted by atomic mass is 9.98. The van der Waals surface area contributed by atoms with Gasteiger partial charge >= 0.3 is 0 Å². The molecule has 108 valence electrons. The second-order valence-corrected chi connectivity index (χ2v) is 5.09. The molecule has 1 aromatic heterocycles. The van der Waals surface area contributed by atoms with Crippen LogP contribution in [0.4, 0.5) is 5.69 Å². The summed E-state index contributed by atoms with van der Waals surface area (Å²) in [5.74, 6) is 0.305. The number of aromatic nitrogens is 1. The molecule has 0 unspecified atom stereocenters. The van der Waals surface area contributed by atoms with Gasteiger partial charge in [-0.25, -0.2) is 0 Å². The van der Waals surface area contributed by atoms with Gasteiger partial charge in [-0.3, -0.25) is 14.8 Å². The molecule has 0 saturated heterocycles. The number of rotatable bonds is 2. The Balaban J connectivity index is 2.21. The number of primary amides is 1. The number of pyridine rings is 1. The van der Waals surface area contributed by atoms with E-state index >= 15 is 0 Å². The van der Waals surface area contributed by atoms with Crippen LogP contribution in [0.1, 0.15) is 21.5 Å². The number of aryl methyl sites for hydroxylation is 2. The SMILES string of the molecule is Cc1cc(NC2=NCCN2)c(C)c2c(C(N)=O)ccnc12. The highest BCUT2D eigenvalue weighted by Crippen LogP contribution is 2.30. The van der Waals surface area contributed by atoms with Crippen LogP contribution in [0, 0.1) is 13.8 Å². The molecule has 3 rings (SSSR count). The Morgan fingerprint density at radius 1 is 1.43 bits per heavy atom. The summed E-state index contributed by atoms with van der Waals surface area (Å²) in [6.07, 6.45) is 1.62. The van der Waals surface area contributed by atoms with E-state index in [1.165, 1.54) is 0 Å². The largest absolute Gasteiger partial charge is 0.366 e. The number of guanidine groups is 1. The molecule has 0 spiro atoms. The maximum absolute atomic E-state index is 11.7.